The first-order valence-electron chi connectivity index (χ1n) is 5.52. The quantitative estimate of drug-likeness (QED) is 0.670. The monoisotopic (exact) mass is 224 g/mol. The Hall–Kier alpha value is -2.23. The molecule has 0 N–H and O–H groups in total. The average Bonchev–Trinajstić information content (AvgIpc) is 2.73. The van der Waals surface area contributed by atoms with Gasteiger partial charge in [0.05, 0.1) is 18.3 Å². The van der Waals surface area contributed by atoms with E-state index in [4.69, 9.17) is 0 Å². The largest absolute Gasteiger partial charge is 0.262 e. The van der Waals surface area contributed by atoms with Gasteiger partial charge in [0.1, 0.15) is 5.52 Å². The van der Waals surface area contributed by atoms with E-state index in [9.17, 15) is 0 Å². The molecule has 0 amide bonds. The molecule has 0 aliphatic carbocycles. The van der Waals surface area contributed by atoms with Gasteiger partial charge in [-0.05, 0) is 18.6 Å². The number of pyridine rings is 1. The van der Waals surface area contributed by atoms with Crippen molar-refractivity contribution in [3.05, 3.63) is 53.9 Å². The van der Waals surface area contributed by atoms with Crippen molar-refractivity contribution in [2.75, 3.05) is 0 Å². The fourth-order valence-corrected chi connectivity index (χ4v) is 1.92. The maximum Gasteiger partial charge on any atom is 0.131 e. The summed E-state index contributed by atoms with van der Waals surface area (Å²) in [5.41, 5.74) is 4.34. The van der Waals surface area contributed by atoms with Crippen molar-refractivity contribution in [1.82, 2.24) is 20.0 Å². The number of rotatable bonds is 2. The van der Waals surface area contributed by atoms with Crippen LogP contribution in [0.25, 0.3) is 11.0 Å². The van der Waals surface area contributed by atoms with Crippen LogP contribution in [0.1, 0.15) is 11.1 Å². The van der Waals surface area contributed by atoms with E-state index in [0.29, 0.717) is 0 Å². The Morgan fingerprint density at radius 1 is 1.24 bits per heavy atom. The summed E-state index contributed by atoms with van der Waals surface area (Å²) in [7, 11) is 0. The smallest absolute Gasteiger partial charge is 0.131 e. The van der Waals surface area contributed by atoms with Crippen molar-refractivity contribution in [2.24, 2.45) is 0 Å². The van der Waals surface area contributed by atoms with Crippen LogP contribution in [0.4, 0.5) is 0 Å². The predicted octanol–water partition coefficient (Wildman–Crippen LogP) is 2.18. The Balaban J connectivity index is 2.00. The lowest BCUT2D eigenvalue weighted by Gasteiger charge is -2.03. The lowest BCUT2D eigenvalue weighted by Crippen LogP contribution is -2.01. The third-order valence-electron chi connectivity index (χ3n) is 2.73. The summed E-state index contributed by atoms with van der Waals surface area (Å²) in [6, 6.07) is 10.3. The first kappa shape index (κ1) is 9.96. The second-order valence-corrected chi connectivity index (χ2v) is 4.10. The van der Waals surface area contributed by atoms with Crippen molar-refractivity contribution in [2.45, 2.75) is 13.5 Å². The van der Waals surface area contributed by atoms with Gasteiger partial charge in [-0.1, -0.05) is 35.0 Å². The van der Waals surface area contributed by atoms with E-state index >= 15 is 0 Å². The van der Waals surface area contributed by atoms with Gasteiger partial charge >= 0.3 is 0 Å². The normalized spacial score (nSPS) is 10.9. The number of benzene rings is 1. The molecule has 0 saturated heterocycles. The van der Waals surface area contributed by atoms with Crippen LogP contribution in [-0.4, -0.2) is 20.0 Å². The van der Waals surface area contributed by atoms with Crippen LogP contribution in [0.2, 0.25) is 0 Å². The topological polar surface area (TPSA) is 43.6 Å². The number of hydrogen-bond donors (Lipinski definition) is 0. The molecule has 4 nitrogen and oxygen atoms in total. The first-order chi connectivity index (χ1) is 8.33. The Labute approximate surface area is 98.9 Å². The van der Waals surface area contributed by atoms with Crippen LogP contribution in [0.15, 0.2) is 42.7 Å². The van der Waals surface area contributed by atoms with Crippen molar-refractivity contribution in [3.8, 4) is 0 Å². The molecule has 0 saturated carbocycles. The van der Waals surface area contributed by atoms with E-state index in [1.54, 1.807) is 12.4 Å². The van der Waals surface area contributed by atoms with Gasteiger partial charge in [0.2, 0.25) is 0 Å². The maximum atomic E-state index is 4.15. The summed E-state index contributed by atoms with van der Waals surface area (Å²) >= 11 is 0. The first-order valence-corrected chi connectivity index (χ1v) is 5.52. The van der Waals surface area contributed by atoms with Crippen LogP contribution in [0.5, 0.6) is 0 Å². The number of fused-ring (bicyclic) bond motifs is 1. The van der Waals surface area contributed by atoms with E-state index in [0.717, 1.165) is 17.6 Å². The summed E-state index contributed by atoms with van der Waals surface area (Å²) < 4.78 is 1.89. The lowest BCUT2D eigenvalue weighted by atomic mass is 10.1. The minimum atomic E-state index is 0.738. The van der Waals surface area contributed by atoms with Gasteiger partial charge in [0.25, 0.3) is 0 Å². The molecule has 84 valence electrons. The molecule has 1 aromatic carbocycles. The Kier molecular flexibility index (Phi) is 2.33. The molecule has 0 spiro atoms. The minimum absolute atomic E-state index is 0.738. The second kappa shape index (κ2) is 3.97. The fraction of sp³-hybridized carbons (Fsp3) is 0.154. The van der Waals surface area contributed by atoms with Gasteiger partial charge in [0.15, 0.2) is 0 Å². The number of aryl methyl sites for hydroxylation is 1. The molecule has 0 unspecified atom stereocenters. The number of hydrogen-bond acceptors (Lipinski definition) is 3. The summed E-state index contributed by atoms with van der Waals surface area (Å²) in [5, 5.41) is 8.23. The van der Waals surface area contributed by atoms with Gasteiger partial charge < -0.3 is 0 Å². The van der Waals surface area contributed by atoms with Crippen LogP contribution >= 0.6 is 0 Å². The third kappa shape index (κ3) is 1.89. The maximum absolute atomic E-state index is 4.15. The van der Waals surface area contributed by atoms with Crippen molar-refractivity contribution in [3.63, 3.8) is 0 Å². The summed E-state index contributed by atoms with van der Waals surface area (Å²) in [6.45, 7) is 2.83. The molecular formula is C13H12N4. The lowest BCUT2D eigenvalue weighted by molar-refractivity contribution is 0.669. The van der Waals surface area contributed by atoms with Crippen LogP contribution < -0.4 is 0 Å². The minimum Gasteiger partial charge on any atom is -0.262 e. The molecule has 2 aromatic heterocycles. The van der Waals surface area contributed by atoms with Crippen LogP contribution in [0.3, 0.4) is 0 Å². The average molecular weight is 224 g/mol. The summed E-state index contributed by atoms with van der Waals surface area (Å²) in [5.74, 6) is 0. The van der Waals surface area contributed by atoms with E-state index < -0.39 is 0 Å². The molecule has 3 rings (SSSR count). The highest BCUT2D eigenvalue weighted by Crippen LogP contribution is 2.11. The number of nitrogens with zero attached hydrogens (tertiary/aromatic N) is 4. The zero-order valence-electron chi connectivity index (χ0n) is 9.54. The van der Waals surface area contributed by atoms with Crippen molar-refractivity contribution >= 4 is 11.0 Å². The van der Waals surface area contributed by atoms with Gasteiger partial charge in [-0.15, -0.1) is 5.10 Å². The predicted molar refractivity (Wildman–Crippen MR) is 65.6 cm³/mol. The Bertz CT molecular complexity index is 657. The van der Waals surface area contributed by atoms with E-state index in [1.165, 1.54) is 11.1 Å². The molecular weight excluding hydrogens is 212 g/mol. The molecule has 3 aromatic rings. The third-order valence-corrected chi connectivity index (χ3v) is 2.73. The fourth-order valence-electron chi connectivity index (χ4n) is 1.92. The molecule has 0 bridgehead atoms. The van der Waals surface area contributed by atoms with Crippen molar-refractivity contribution < 1.29 is 0 Å². The highest BCUT2D eigenvalue weighted by Gasteiger charge is 2.04. The van der Waals surface area contributed by atoms with E-state index in [2.05, 4.69) is 46.5 Å². The zero-order chi connectivity index (χ0) is 11.7. The molecule has 17 heavy (non-hydrogen) atoms. The van der Waals surface area contributed by atoms with Gasteiger partial charge in [-0.3, -0.25) is 4.98 Å². The molecule has 4 heteroatoms. The van der Waals surface area contributed by atoms with Crippen LogP contribution in [0, 0.1) is 6.92 Å². The Morgan fingerprint density at radius 2 is 2.18 bits per heavy atom. The molecule has 0 aliphatic heterocycles. The summed E-state index contributed by atoms with van der Waals surface area (Å²) in [4.78, 5) is 4.03. The van der Waals surface area contributed by atoms with E-state index in [1.807, 2.05) is 10.7 Å². The molecule has 0 fully saturated rings. The molecule has 0 atom stereocenters. The van der Waals surface area contributed by atoms with Gasteiger partial charge in [-0.2, -0.15) is 0 Å². The van der Waals surface area contributed by atoms with Gasteiger partial charge in [0, 0.05) is 6.20 Å². The van der Waals surface area contributed by atoms with E-state index in [-0.39, 0.29) is 0 Å². The molecule has 2 heterocycles. The molecule has 0 aliphatic rings. The molecule has 0 radical (unpaired) electrons. The highest BCUT2D eigenvalue weighted by atomic mass is 15.4. The Morgan fingerprint density at radius 3 is 3.06 bits per heavy atom. The van der Waals surface area contributed by atoms with Crippen molar-refractivity contribution in [1.29, 1.82) is 0 Å². The van der Waals surface area contributed by atoms with Crippen LogP contribution in [-0.2, 0) is 6.54 Å². The summed E-state index contributed by atoms with van der Waals surface area (Å²) in [6.07, 6.45) is 3.49. The SMILES string of the molecule is Cc1cccc(Cn2nnc3cnccc32)c1. The van der Waals surface area contributed by atoms with Gasteiger partial charge in [-0.25, -0.2) is 4.68 Å². The standard InChI is InChI=1S/C13H12N4/c1-10-3-2-4-11(7-10)9-17-13-5-6-14-8-12(13)15-16-17/h2-8H,9H2,1H3. The second-order valence-electron chi connectivity index (χ2n) is 4.10. The number of aromatic nitrogens is 4. The highest BCUT2D eigenvalue weighted by molar-refractivity contribution is 5.72. The zero-order valence-corrected chi connectivity index (χ0v) is 9.54.